The van der Waals surface area contributed by atoms with Crippen molar-refractivity contribution in [1.82, 2.24) is 9.80 Å². The van der Waals surface area contributed by atoms with Crippen LogP contribution in [0, 0.1) is 17.8 Å². The molecule has 6 atom stereocenters. The van der Waals surface area contributed by atoms with E-state index in [1.165, 1.54) is 0 Å². The number of allylic oxidation sites excluding steroid dienone is 1. The van der Waals surface area contributed by atoms with Crippen molar-refractivity contribution in [2.45, 2.75) is 102 Å². The number of carbonyl (C=O) groups is 3. The third-order valence-corrected chi connectivity index (χ3v) is 8.33. The highest BCUT2D eigenvalue weighted by Gasteiger charge is 2.75. The second-order valence-electron chi connectivity index (χ2n) is 11.5. The number of carbonyl (C=O) groups excluding carboxylic acids is 3. The summed E-state index contributed by atoms with van der Waals surface area (Å²) in [5.74, 6) is -2.18. The number of nitrogens with zero attached hydrogens (tertiary/aromatic N) is 2. The van der Waals surface area contributed by atoms with Crippen molar-refractivity contribution in [2.75, 3.05) is 26.3 Å². The zero-order valence-electron chi connectivity index (χ0n) is 23.6. The third kappa shape index (κ3) is 6.01. The molecule has 0 aromatic heterocycles. The van der Waals surface area contributed by atoms with Crippen molar-refractivity contribution in [2.24, 2.45) is 17.8 Å². The number of fused-ring (bicyclic) bond motifs is 1. The summed E-state index contributed by atoms with van der Waals surface area (Å²) in [6.07, 6.45) is 10.1. The van der Waals surface area contributed by atoms with E-state index < -0.39 is 41.6 Å². The summed E-state index contributed by atoms with van der Waals surface area (Å²) < 4.78 is 12.1. The predicted molar refractivity (Wildman–Crippen MR) is 146 cm³/mol. The van der Waals surface area contributed by atoms with Crippen LogP contribution in [0.5, 0.6) is 0 Å². The van der Waals surface area contributed by atoms with Crippen LogP contribution in [0.15, 0.2) is 25.3 Å². The standard InChI is InChI=1S/C30H48N2O6/c1-6-9-11-13-18-37-29(36)24-23-14-15-30(38-23)25(24)27(34)32(22(20-33)19-21(4)5)26(30)28(35)31(16-8-3)17-12-10-7-2/h6,8,21-26,33H,1,3,7,9-20H2,2,4-5H3/t22-,23+,24-,25+,26?,30?/m1/s1. The van der Waals surface area contributed by atoms with Gasteiger partial charge in [0.15, 0.2) is 0 Å². The van der Waals surface area contributed by atoms with Gasteiger partial charge < -0.3 is 24.4 Å². The van der Waals surface area contributed by atoms with Crippen LogP contribution in [-0.2, 0) is 23.9 Å². The van der Waals surface area contributed by atoms with E-state index in [0.717, 1.165) is 38.5 Å². The van der Waals surface area contributed by atoms with Gasteiger partial charge >= 0.3 is 5.97 Å². The Bertz CT molecular complexity index is 860. The van der Waals surface area contributed by atoms with Crippen LogP contribution in [0.2, 0.25) is 0 Å². The molecule has 2 unspecified atom stereocenters. The quantitative estimate of drug-likeness (QED) is 0.174. The van der Waals surface area contributed by atoms with Crippen molar-refractivity contribution in [3.63, 3.8) is 0 Å². The molecule has 0 aromatic rings. The van der Waals surface area contributed by atoms with Gasteiger partial charge in [0.05, 0.1) is 37.2 Å². The molecule has 0 radical (unpaired) electrons. The summed E-state index contributed by atoms with van der Waals surface area (Å²) in [6.45, 7) is 14.7. The van der Waals surface area contributed by atoms with Crippen LogP contribution in [0.3, 0.4) is 0 Å². The maximum atomic E-state index is 14.3. The Balaban J connectivity index is 1.94. The fourth-order valence-electron chi connectivity index (χ4n) is 6.68. The SMILES string of the molecule is C=CCCCCOC(=O)[C@@H]1[C@@H]2CCC3(O2)C(C(=O)N(CC=C)CCCCC)N([C@@H](CO)CC(C)C)C(=O)[C@H]13. The fourth-order valence-corrected chi connectivity index (χ4v) is 6.68. The molecule has 8 nitrogen and oxygen atoms in total. The highest BCUT2D eigenvalue weighted by atomic mass is 16.6. The van der Waals surface area contributed by atoms with Crippen molar-refractivity contribution < 1.29 is 29.0 Å². The molecule has 8 heteroatoms. The molecular weight excluding hydrogens is 484 g/mol. The highest BCUT2D eigenvalue weighted by molar-refractivity contribution is 5.98. The Hall–Kier alpha value is -2.19. The highest BCUT2D eigenvalue weighted by Crippen LogP contribution is 2.59. The molecule has 3 heterocycles. The zero-order valence-corrected chi connectivity index (χ0v) is 23.6. The topological polar surface area (TPSA) is 96.4 Å². The molecule has 3 aliphatic rings. The van der Waals surface area contributed by atoms with Gasteiger partial charge in [-0.3, -0.25) is 14.4 Å². The minimum Gasteiger partial charge on any atom is -0.465 e. The summed E-state index contributed by atoms with van der Waals surface area (Å²) in [6, 6.07) is -1.41. The summed E-state index contributed by atoms with van der Waals surface area (Å²) >= 11 is 0. The smallest absolute Gasteiger partial charge is 0.312 e. The van der Waals surface area contributed by atoms with Crippen molar-refractivity contribution >= 4 is 17.8 Å². The molecule has 0 aliphatic carbocycles. The van der Waals surface area contributed by atoms with Gasteiger partial charge in [-0.15, -0.1) is 13.2 Å². The van der Waals surface area contributed by atoms with Crippen LogP contribution in [0.1, 0.15) is 78.6 Å². The van der Waals surface area contributed by atoms with E-state index in [0.29, 0.717) is 32.4 Å². The average molecular weight is 533 g/mol. The number of likely N-dealkylation sites (tertiary alicyclic amines) is 1. The summed E-state index contributed by atoms with van der Waals surface area (Å²) in [5, 5.41) is 10.4. The zero-order chi connectivity index (χ0) is 27.9. The average Bonchev–Trinajstić information content (AvgIpc) is 3.53. The lowest BCUT2D eigenvalue weighted by molar-refractivity contribution is -0.157. The van der Waals surface area contributed by atoms with E-state index in [1.807, 2.05) is 19.9 Å². The van der Waals surface area contributed by atoms with Crippen molar-refractivity contribution in [3.8, 4) is 0 Å². The van der Waals surface area contributed by atoms with Crippen LogP contribution >= 0.6 is 0 Å². The Kier molecular flexibility index (Phi) is 11.0. The molecule has 2 amide bonds. The number of amides is 2. The molecule has 0 saturated carbocycles. The first-order valence-corrected chi connectivity index (χ1v) is 14.5. The molecule has 3 aliphatic heterocycles. The second-order valence-corrected chi connectivity index (χ2v) is 11.5. The monoisotopic (exact) mass is 532 g/mol. The Morgan fingerprint density at radius 3 is 2.63 bits per heavy atom. The van der Waals surface area contributed by atoms with Gasteiger partial charge in [-0.1, -0.05) is 45.8 Å². The molecular formula is C30H48N2O6. The van der Waals surface area contributed by atoms with Crippen LogP contribution in [0.4, 0.5) is 0 Å². The molecule has 1 spiro atoms. The van der Waals surface area contributed by atoms with Crippen LogP contribution < -0.4 is 0 Å². The lowest BCUT2D eigenvalue weighted by atomic mass is 9.70. The lowest BCUT2D eigenvalue weighted by Gasteiger charge is -2.39. The first kappa shape index (κ1) is 30.4. The minimum absolute atomic E-state index is 0.182. The molecule has 0 aromatic carbocycles. The maximum Gasteiger partial charge on any atom is 0.312 e. The first-order valence-electron chi connectivity index (χ1n) is 14.5. The third-order valence-electron chi connectivity index (χ3n) is 8.33. The van der Waals surface area contributed by atoms with E-state index in [-0.39, 0.29) is 30.9 Å². The Morgan fingerprint density at radius 2 is 2.00 bits per heavy atom. The number of rotatable bonds is 17. The Morgan fingerprint density at radius 1 is 1.24 bits per heavy atom. The predicted octanol–water partition coefficient (Wildman–Crippen LogP) is 3.87. The Labute approximate surface area is 228 Å². The minimum atomic E-state index is -1.08. The maximum absolute atomic E-state index is 14.3. The van der Waals surface area contributed by atoms with Crippen LogP contribution in [-0.4, -0.2) is 82.8 Å². The number of aliphatic hydroxyl groups is 1. The summed E-state index contributed by atoms with van der Waals surface area (Å²) in [5.41, 5.74) is -1.08. The van der Waals surface area contributed by atoms with E-state index in [2.05, 4.69) is 20.1 Å². The number of hydrogen-bond donors (Lipinski definition) is 1. The van der Waals surface area contributed by atoms with E-state index in [1.54, 1.807) is 15.9 Å². The van der Waals surface area contributed by atoms with Crippen molar-refractivity contribution in [1.29, 1.82) is 0 Å². The molecule has 214 valence electrons. The second kappa shape index (κ2) is 13.7. The van der Waals surface area contributed by atoms with Gasteiger partial charge in [0, 0.05) is 13.1 Å². The molecule has 1 N–H and O–H groups in total. The molecule has 3 saturated heterocycles. The molecule has 2 bridgehead atoms. The lowest BCUT2D eigenvalue weighted by Crippen LogP contribution is -2.59. The summed E-state index contributed by atoms with van der Waals surface area (Å²) in [4.78, 5) is 45.1. The van der Waals surface area contributed by atoms with Gasteiger partial charge in [0.2, 0.25) is 11.8 Å². The van der Waals surface area contributed by atoms with Gasteiger partial charge in [0.1, 0.15) is 11.6 Å². The summed E-state index contributed by atoms with van der Waals surface area (Å²) in [7, 11) is 0. The van der Waals surface area contributed by atoms with Crippen LogP contribution in [0.25, 0.3) is 0 Å². The van der Waals surface area contributed by atoms with Crippen molar-refractivity contribution in [3.05, 3.63) is 25.3 Å². The normalized spacial score (nSPS) is 28.4. The van der Waals surface area contributed by atoms with E-state index >= 15 is 0 Å². The number of esters is 1. The number of ether oxygens (including phenoxy) is 2. The van der Waals surface area contributed by atoms with Gasteiger partial charge in [-0.05, 0) is 50.9 Å². The number of unbranched alkanes of at least 4 members (excludes halogenated alkanes) is 4. The molecule has 3 fully saturated rings. The molecule has 38 heavy (non-hydrogen) atoms. The van der Waals surface area contributed by atoms with Gasteiger partial charge in [0.25, 0.3) is 0 Å². The fraction of sp³-hybridized carbons (Fsp3) is 0.767. The first-order chi connectivity index (χ1) is 18.3. The largest absolute Gasteiger partial charge is 0.465 e. The number of aliphatic hydroxyl groups excluding tert-OH is 1. The van der Waals surface area contributed by atoms with E-state index in [4.69, 9.17) is 9.47 Å². The number of hydrogen-bond acceptors (Lipinski definition) is 6. The van der Waals surface area contributed by atoms with E-state index in [9.17, 15) is 19.5 Å². The molecule has 3 rings (SSSR count). The van der Waals surface area contributed by atoms with Gasteiger partial charge in [-0.2, -0.15) is 0 Å². The van der Waals surface area contributed by atoms with Gasteiger partial charge in [-0.25, -0.2) is 0 Å².